The fourth-order valence-corrected chi connectivity index (χ4v) is 2.49. The molecular weight excluding hydrogens is 564 g/mol. The molecule has 1 rings (SSSR count). The van der Waals surface area contributed by atoms with Crippen LogP contribution in [0.5, 0.6) is 0 Å². The first-order valence-electron chi connectivity index (χ1n) is 3.93. The van der Waals surface area contributed by atoms with E-state index in [1.165, 1.54) is 11.1 Å². The molecule has 0 aromatic heterocycles. The van der Waals surface area contributed by atoms with Crippen molar-refractivity contribution in [3.63, 3.8) is 0 Å². The van der Waals surface area contributed by atoms with Gasteiger partial charge in [0.05, 0.1) is 0 Å². The predicted octanol–water partition coefficient (Wildman–Crippen LogP) is 4.42. The van der Waals surface area contributed by atoms with E-state index in [9.17, 15) is 0 Å². The Labute approximate surface area is 126 Å². The number of allylic oxidation sites excluding steroid dienone is 4. The number of halogens is 2. The van der Waals surface area contributed by atoms with Crippen LogP contribution < -0.4 is 0 Å². The van der Waals surface area contributed by atoms with Gasteiger partial charge in [0.1, 0.15) is 0 Å². The van der Waals surface area contributed by atoms with Crippen LogP contribution in [0.15, 0.2) is 20.8 Å². The Bertz CT molecular complexity index is 236. The van der Waals surface area contributed by atoms with Crippen molar-refractivity contribution in [3.05, 3.63) is 20.8 Å². The topological polar surface area (TPSA) is 0 Å². The second-order valence-electron chi connectivity index (χ2n) is 3.80. The first-order valence-corrected chi connectivity index (χ1v) is 5.20. The molecule has 0 unspecified atom stereocenters. The maximum atomic E-state index is 2.31. The van der Waals surface area contributed by atoms with Gasteiger partial charge in [-0.05, 0) is 0 Å². The standard InChI is InChI=1S/C10H15.2HI.Os/c1-7-6-10(4,5)9(3)8(7)2;;;/h1-5H3;2*1H;. The largest absolute Gasteiger partial charge is 0.107 e. The fraction of sp³-hybridized carbons (Fsp3) is 0.600. The summed E-state index contributed by atoms with van der Waals surface area (Å²) in [5.41, 5.74) is 4.87. The van der Waals surface area contributed by atoms with Crippen molar-refractivity contribution in [2.24, 2.45) is 5.41 Å². The van der Waals surface area contributed by atoms with Gasteiger partial charge in [0, 0.05) is 0 Å². The average Bonchev–Trinajstić information content (AvgIpc) is 2.06. The van der Waals surface area contributed by atoms with E-state index in [4.69, 9.17) is 0 Å². The summed E-state index contributed by atoms with van der Waals surface area (Å²) in [6, 6.07) is 0. The van der Waals surface area contributed by atoms with Gasteiger partial charge in [-0.15, -0.1) is 48.0 Å². The third-order valence-electron chi connectivity index (χ3n) is 2.92. The van der Waals surface area contributed by atoms with Gasteiger partial charge in [-0.3, -0.25) is 0 Å². The van der Waals surface area contributed by atoms with Gasteiger partial charge in [-0.2, -0.15) is 0 Å². The van der Waals surface area contributed by atoms with Crippen LogP contribution in [0.1, 0.15) is 34.6 Å². The van der Waals surface area contributed by atoms with Crippen LogP contribution in [-0.2, 0) is 18.6 Å². The Balaban J connectivity index is 0. The van der Waals surface area contributed by atoms with Crippen LogP contribution in [0.3, 0.4) is 0 Å². The average molecular weight is 581 g/mol. The maximum absolute atomic E-state index is 2.31. The van der Waals surface area contributed by atoms with E-state index < -0.39 is 0 Å². The minimum absolute atomic E-state index is 0. The fourth-order valence-electron chi connectivity index (χ4n) is 1.54. The number of rotatable bonds is 0. The van der Waals surface area contributed by atoms with Gasteiger partial charge in [0.25, 0.3) is 0 Å². The summed E-state index contributed by atoms with van der Waals surface area (Å²) in [6.45, 7) is 11.3. The summed E-state index contributed by atoms with van der Waals surface area (Å²) in [7, 11) is 0. The van der Waals surface area contributed by atoms with E-state index in [2.05, 4.69) is 34.6 Å². The van der Waals surface area contributed by atoms with Gasteiger partial charge in [-0.1, -0.05) is 0 Å². The minimum Gasteiger partial charge on any atom is -0.107 e. The Morgan fingerprint density at radius 2 is 1.31 bits per heavy atom. The summed E-state index contributed by atoms with van der Waals surface area (Å²) >= 11 is 2.04. The molecule has 0 nitrogen and oxygen atoms in total. The first kappa shape index (κ1) is 17.0. The van der Waals surface area contributed by atoms with E-state index in [0.717, 1.165) is 0 Å². The van der Waals surface area contributed by atoms with Gasteiger partial charge < -0.3 is 0 Å². The molecule has 0 saturated heterocycles. The monoisotopic (exact) mass is 583 g/mol. The van der Waals surface area contributed by atoms with Gasteiger partial charge in [-0.25, -0.2) is 0 Å². The molecule has 0 aromatic carbocycles. The zero-order chi connectivity index (χ0) is 8.81. The van der Waals surface area contributed by atoms with Crippen molar-refractivity contribution in [2.75, 3.05) is 0 Å². The molecule has 0 bridgehead atoms. The molecule has 13 heavy (non-hydrogen) atoms. The molecule has 0 amide bonds. The Kier molecular flexibility index (Phi) is 7.32. The Hall–Kier alpha value is 1.58. The van der Waals surface area contributed by atoms with Gasteiger partial charge >= 0.3 is 79.5 Å². The normalized spacial score (nSPS) is 19.8. The number of hydrogen-bond donors (Lipinski definition) is 0. The van der Waals surface area contributed by atoms with Crippen LogP contribution in [-0.4, -0.2) is 0 Å². The third kappa shape index (κ3) is 2.78. The molecule has 0 radical (unpaired) electrons. The smallest absolute Gasteiger partial charge is 0.107 e. The van der Waals surface area contributed by atoms with E-state index in [-0.39, 0.29) is 48.0 Å². The molecule has 0 heterocycles. The number of hydrogen-bond acceptors (Lipinski definition) is 0. The maximum Gasteiger partial charge on any atom is -0.107 e. The molecule has 1 aliphatic carbocycles. The van der Waals surface area contributed by atoms with Crippen LogP contribution in [0.25, 0.3) is 0 Å². The minimum atomic E-state index is 0. The van der Waals surface area contributed by atoms with Crippen LogP contribution >= 0.6 is 48.0 Å². The third-order valence-corrected chi connectivity index (χ3v) is 5.46. The van der Waals surface area contributed by atoms with Crippen molar-refractivity contribution in [2.45, 2.75) is 34.6 Å². The molecule has 79 valence electrons. The van der Waals surface area contributed by atoms with Crippen molar-refractivity contribution in [1.29, 1.82) is 0 Å². The summed E-state index contributed by atoms with van der Waals surface area (Å²) in [4.78, 5) is 0. The summed E-state index contributed by atoms with van der Waals surface area (Å²) in [5, 5.41) is 0. The van der Waals surface area contributed by atoms with Crippen molar-refractivity contribution in [3.8, 4) is 0 Å². The molecular formula is C10H17I2Os. The summed E-state index contributed by atoms with van der Waals surface area (Å²) in [6.07, 6.45) is 0. The molecule has 0 fully saturated rings. The molecule has 1 aliphatic rings. The predicted molar refractivity (Wildman–Crippen MR) is 75.7 cm³/mol. The van der Waals surface area contributed by atoms with Crippen LogP contribution in [0, 0.1) is 5.41 Å². The van der Waals surface area contributed by atoms with Gasteiger partial charge in [0.15, 0.2) is 0 Å². The zero-order valence-electron chi connectivity index (χ0n) is 8.67. The van der Waals surface area contributed by atoms with Crippen molar-refractivity contribution < 1.29 is 18.6 Å². The van der Waals surface area contributed by atoms with Crippen molar-refractivity contribution in [1.82, 2.24) is 0 Å². The SMILES string of the molecule is CC1=C(C)C(C)(C)[C]([Os])=C1C.I.I. The zero-order valence-corrected chi connectivity index (χ0v) is 15.9. The molecule has 3 heteroatoms. The molecule has 0 atom stereocenters. The van der Waals surface area contributed by atoms with Crippen LogP contribution in [0.2, 0.25) is 0 Å². The molecule has 0 aliphatic heterocycles. The van der Waals surface area contributed by atoms with E-state index in [0.29, 0.717) is 5.41 Å². The van der Waals surface area contributed by atoms with Crippen molar-refractivity contribution >= 4 is 48.0 Å². The Morgan fingerprint density at radius 1 is 0.923 bits per heavy atom. The van der Waals surface area contributed by atoms with Gasteiger partial charge in [0.2, 0.25) is 0 Å². The summed E-state index contributed by atoms with van der Waals surface area (Å²) < 4.78 is 1.56. The molecule has 0 spiro atoms. The van der Waals surface area contributed by atoms with E-state index in [1.54, 1.807) is 9.70 Å². The Morgan fingerprint density at radius 3 is 1.38 bits per heavy atom. The molecule has 0 N–H and O–H groups in total. The first-order chi connectivity index (χ1) is 4.89. The molecule has 0 aromatic rings. The van der Waals surface area contributed by atoms with Crippen LogP contribution in [0.4, 0.5) is 0 Å². The second-order valence-corrected chi connectivity index (χ2v) is 5.07. The van der Waals surface area contributed by atoms with E-state index >= 15 is 0 Å². The second kappa shape index (κ2) is 5.60. The molecule has 0 saturated carbocycles. The summed E-state index contributed by atoms with van der Waals surface area (Å²) in [5.74, 6) is 0. The van der Waals surface area contributed by atoms with E-state index in [1.807, 2.05) is 18.6 Å². The quantitative estimate of drug-likeness (QED) is 0.372.